The lowest BCUT2D eigenvalue weighted by molar-refractivity contribution is 0.0756. The second-order valence-electron chi connectivity index (χ2n) is 2.84. The third-order valence-electron chi connectivity index (χ3n) is 1.97. The van der Waals surface area contributed by atoms with Crippen molar-refractivity contribution in [3.8, 4) is 0 Å². The van der Waals surface area contributed by atoms with Gasteiger partial charge in [-0.2, -0.15) is 0 Å². The molecule has 0 saturated carbocycles. The van der Waals surface area contributed by atoms with Gasteiger partial charge >= 0.3 is 0 Å². The van der Waals surface area contributed by atoms with E-state index in [1.807, 2.05) is 24.4 Å². The van der Waals surface area contributed by atoms with Crippen molar-refractivity contribution in [2.45, 2.75) is 6.04 Å². The van der Waals surface area contributed by atoms with Gasteiger partial charge < -0.3 is 10.1 Å². The molecule has 0 aliphatic carbocycles. The molecule has 1 fully saturated rings. The van der Waals surface area contributed by atoms with E-state index in [1.54, 1.807) is 0 Å². The van der Waals surface area contributed by atoms with Gasteiger partial charge in [0, 0.05) is 12.7 Å². The predicted molar refractivity (Wildman–Crippen MR) is 45.8 cm³/mol. The molecular formula is C9H12N2O. The molecule has 0 aromatic carbocycles. The Morgan fingerprint density at radius 2 is 2.50 bits per heavy atom. The van der Waals surface area contributed by atoms with E-state index >= 15 is 0 Å². The van der Waals surface area contributed by atoms with Crippen molar-refractivity contribution >= 4 is 0 Å². The molecule has 1 aliphatic rings. The summed E-state index contributed by atoms with van der Waals surface area (Å²) in [6.07, 6.45) is 1.81. The molecule has 1 saturated heterocycles. The van der Waals surface area contributed by atoms with Crippen LogP contribution in [-0.2, 0) is 4.74 Å². The van der Waals surface area contributed by atoms with E-state index in [9.17, 15) is 0 Å². The van der Waals surface area contributed by atoms with Crippen molar-refractivity contribution in [1.29, 1.82) is 0 Å². The zero-order chi connectivity index (χ0) is 8.23. The van der Waals surface area contributed by atoms with E-state index in [0.717, 1.165) is 25.5 Å². The number of hydrogen-bond donors (Lipinski definition) is 1. The van der Waals surface area contributed by atoms with Gasteiger partial charge in [-0.1, -0.05) is 6.07 Å². The zero-order valence-corrected chi connectivity index (χ0v) is 6.86. The highest BCUT2D eigenvalue weighted by Gasteiger charge is 2.15. The van der Waals surface area contributed by atoms with Crippen molar-refractivity contribution in [3.05, 3.63) is 30.1 Å². The molecule has 1 atom stereocenters. The first-order valence-electron chi connectivity index (χ1n) is 4.19. The number of nitrogens with one attached hydrogen (secondary N) is 1. The van der Waals surface area contributed by atoms with Crippen molar-refractivity contribution in [2.24, 2.45) is 0 Å². The highest BCUT2D eigenvalue weighted by molar-refractivity contribution is 5.09. The quantitative estimate of drug-likeness (QED) is 0.664. The van der Waals surface area contributed by atoms with Crippen LogP contribution in [-0.4, -0.2) is 24.7 Å². The van der Waals surface area contributed by atoms with Gasteiger partial charge in [0.2, 0.25) is 0 Å². The molecule has 1 aliphatic heterocycles. The zero-order valence-electron chi connectivity index (χ0n) is 6.86. The number of morpholine rings is 1. The predicted octanol–water partition coefficient (Wildman–Crippen LogP) is 0.742. The normalized spacial score (nSPS) is 23.8. The summed E-state index contributed by atoms with van der Waals surface area (Å²) in [7, 11) is 0. The van der Waals surface area contributed by atoms with Crippen molar-refractivity contribution in [3.63, 3.8) is 0 Å². The summed E-state index contributed by atoms with van der Waals surface area (Å²) in [5.41, 5.74) is 1.07. The Kier molecular flexibility index (Phi) is 2.34. The third kappa shape index (κ3) is 1.62. The first kappa shape index (κ1) is 7.71. The van der Waals surface area contributed by atoms with Crippen molar-refractivity contribution in [1.82, 2.24) is 10.3 Å². The summed E-state index contributed by atoms with van der Waals surface area (Å²) in [5, 5.41) is 3.35. The van der Waals surface area contributed by atoms with Gasteiger partial charge in [0.25, 0.3) is 0 Å². The highest BCUT2D eigenvalue weighted by atomic mass is 16.5. The molecule has 1 aromatic heterocycles. The molecule has 3 nitrogen and oxygen atoms in total. The van der Waals surface area contributed by atoms with E-state index in [4.69, 9.17) is 4.74 Å². The maximum Gasteiger partial charge on any atom is 0.0733 e. The van der Waals surface area contributed by atoms with Gasteiger partial charge in [-0.3, -0.25) is 4.98 Å². The lowest BCUT2D eigenvalue weighted by Crippen LogP contribution is -2.34. The average molecular weight is 164 g/mol. The SMILES string of the molecule is c1ccc([C@H]2COCCN2)nc1. The number of hydrogen-bond acceptors (Lipinski definition) is 3. The molecule has 2 rings (SSSR count). The van der Waals surface area contributed by atoms with Crippen molar-refractivity contribution < 1.29 is 4.74 Å². The molecule has 64 valence electrons. The Morgan fingerprint density at radius 3 is 3.17 bits per heavy atom. The molecule has 1 aromatic rings. The van der Waals surface area contributed by atoms with Crippen LogP contribution < -0.4 is 5.32 Å². The van der Waals surface area contributed by atoms with Gasteiger partial charge in [-0.15, -0.1) is 0 Å². The minimum Gasteiger partial charge on any atom is -0.378 e. The maximum atomic E-state index is 5.33. The molecule has 0 spiro atoms. The fourth-order valence-electron chi connectivity index (χ4n) is 1.34. The molecule has 0 radical (unpaired) electrons. The highest BCUT2D eigenvalue weighted by Crippen LogP contribution is 2.11. The number of ether oxygens (including phenoxy) is 1. The monoisotopic (exact) mass is 164 g/mol. The molecule has 0 bridgehead atoms. The number of aromatic nitrogens is 1. The van der Waals surface area contributed by atoms with Crippen LogP contribution in [0.1, 0.15) is 11.7 Å². The van der Waals surface area contributed by atoms with Gasteiger partial charge in [0.1, 0.15) is 0 Å². The number of nitrogens with zero attached hydrogens (tertiary/aromatic N) is 1. The lowest BCUT2D eigenvalue weighted by Gasteiger charge is -2.22. The van der Waals surface area contributed by atoms with E-state index in [1.165, 1.54) is 0 Å². The molecule has 12 heavy (non-hydrogen) atoms. The largest absolute Gasteiger partial charge is 0.378 e. The Morgan fingerprint density at radius 1 is 1.50 bits per heavy atom. The second kappa shape index (κ2) is 3.65. The fraction of sp³-hybridized carbons (Fsp3) is 0.444. The topological polar surface area (TPSA) is 34.1 Å². The second-order valence-corrected chi connectivity index (χ2v) is 2.84. The molecule has 3 heteroatoms. The summed E-state index contributed by atoms with van der Waals surface area (Å²) >= 11 is 0. The van der Waals surface area contributed by atoms with E-state index in [-0.39, 0.29) is 6.04 Å². The fourth-order valence-corrected chi connectivity index (χ4v) is 1.34. The minimum absolute atomic E-state index is 0.278. The Hall–Kier alpha value is -0.930. The standard InChI is InChI=1S/C9H12N2O/c1-2-4-10-8(3-1)9-7-12-6-5-11-9/h1-4,9,11H,5-7H2/t9-/m1/s1. The maximum absolute atomic E-state index is 5.33. The van der Waals surface area contributed by atoms with Gasteiger partial charge in [0.05, 0.1) is 24.9 Å². The van der Waals surface area contributed by atoms with Gasteiger partial charge in [-0.25, -0.2) is 0 Å². The summed E-state index contributed by atoms with van der Waals surface area (Å²) in [6, 6.07) is 6.22. The van der Waals surface area contributed by atoms with Crippen LogP contribution >= 0.6 is 0 Å². The van der Waals surface area contributed by atoms with Crippen molar-refractivity contribution in [2.75, 3.05) is 19.8 Å². The third-order valence-corrected chi connectivity index (χ3v) is 1.97. The van der Waals surface area contributed by atoms with Crippen LogP contribution in [0.2, 0.25) is 0 Å². The Balaban J connectivity index is 2.08. The first-order valence-corrected chi connectivity index (χ1v) is 4.19. The Bertz CT molecular complexity index is 232. The lowest BCUT2D eigenvalue weighted by atomic mass is 10.2. The average Bonchev–Trinajstić information content (AvgIpc) is 2.21. The molecule has 2 heterocycles. The van der Waals surface area contributed by atoms with Crippen LogP contribution in [0.4, 0.5) is 0 Å². The summed E-state index contributed by atoms with van der Waals surface area (Å²) in [6.45, 7) is 2.46. The Labute approximate surface area is 71.8 Å². The van der Waals surface area contributed by atoms with E-state index in [2.05, 4.69) is 10.3 Å². The van der Waals surface area contributed by atoms with E-state index in [0.29, 0.717) is 0 Å². The molecule has 0 unspecified atom stereocenters. The van der Waals surface area contributed by atoms with Crippen LogP contribution in [0.5, 0.6) is 0 Å². The van der Waals surface area contributed by atoms with Crippen LogP contribution in [0.3, 0.4) is 0 Å². The minimum atomic E-state index is 0.278. The molecule has 1 N–H and O–H groups in total. The smallest absolute Gasteiger partial charge is 0.0733 e. The van der Waals surface area contributed by atoms with Gasteiger partial charge in [0.15, 0.2) is 0 Å². The van der Waals surface area contributed by atoms with Crippen LogP contribution in [0, 0.1) is 0 Å². The van der Waals surface area contributed by atoms with E-state index < -0.39 is 0 Å². The van der Waals surface area contributed by atoms with Crippen LogP contribution in [0.15, 0.2) is 24.4 Å². The molecular weight excluding hydrogens is 152 g/mol. The summed E-state index contributed by atoms with van der Waals surface area (Å²) in [5.74, 6) is 0. The summed E-state index contributed by atoms with van der Waals surface area (Å²) in [4.78, 5) is 4.26. The summed E-state index contributed by atoms with van der Waals surface area (Å²) < 4.78 is 5.33. The van der Waals surface area contributed by atoms with Gasteiger partial charge in [-0.05, 0) is 12.1 Å². The molecule has 0 amide bonds. The first-order chi connectivity index (χ1) is 5.97. The van der Waals surface area contributed by atoms with Crippen LogP contribution in [0.25, 0.3) is 0 Å². The number of pyridine rings is 1. The number of rotatable bonds is 1.